The van der Waals surface area contributed by atoms with Crippen LogP contribution in [0.25, 0.3) is 11.0 Å². The summed E-state index contributed by atoms with van der Waals surface area (Å²) >= 11 is 0. The van der Waals surface area contributed by atoms with Crippen molar-refractivity contribution in [2.75, 3.05) is 7.11 Å². The number of rotatable bonds is 3. The molecule has 24 heavy (non-hydrogen) atoms. The topological polar surface area (TPSA) is 117 Å². The van der Waals surface area contributed by atoms with Crippen molar-refractivity contribution >= 4 is 21.8 Å². The maximum absolute atomic E-state index is 12.5. The highest BCUT2D eigenvalue weighted by Crippen LogP contribution is 2.41. The summed E-state index contributed by atoms with van der Waals surface area (Å²) in [5, 5.41) is 28.8. The number of hydrogen-bond acceptors (Lipinski definition) is 7. The van der Waals surface area contributed by atoms with Crippen LogP contribution in [0.3, 0.4) is 0 Å². The summed E-state index contributed by atoms with van der Waals surface area (Å²) in [6.07, 6.45) is 0. The van der Waals surface area contributed by atoms with E-state index in [9.17, 15) is 24.3 Å². The third-order valence-corrected chi connectivity index (χ3v) is 4.61. The number of hydrogen-bond donors (Lipinski definition) is 3. The van der Waals surface area contributed by atoms with Crippen molar-refractivity contribution in [3.63, 3.8) is 0 Å². The van der Waals surface area contributed by atoms with E-state index in [2.05, 4.69) is 0 Å². The highest BCUT2D eigenvalue weighted by atomic mass is 32.2. The van der Waals surface area contributed by atoms with Gasteiger partial charge >= 0.3 is 0 Å². The van der Waals surface area contributed by atoms with Gasteiger partial charge in [0.2, 0.25) is 5.75 Å². The molecule has 0 aliphatic heterocycles. The quantitative estimate of drug-likeness (QED) is 0.663. The lowest BCUT2D eigenvalue weighted by atomic mass is 10.2. The fraction of sp³-hybridized carbons (Fsp3) is 0.0625. The monoisotopic (exact) mass is 348 g/mol. The largest absolute Gasteiger partial charge is 0.508 e. The minimum Gasteiger partial charge on any atom is -0.508 e. The Labute approximate surface area is 137 Å². The molecule has 0 spiro atoms. The number of phenolic OH excluding ortho intramolecular Hbond substituents is 3. The molecule has 1 heterocycles. The summed E-state index contributed by atoms with van der Waals surface area (Å²) in [7, 11) is -0.581. The van der Waals surface area contributed by atoms with Gasteiger partial charge in [-0.3, -0.25) is 4.79 Å². The molecule has 0 bridgehead atoms. The summed E-state index contributed by atoms with van der Waals surface area (Å²) in [5.41, 5.74) is -0.755. The van der Waals surface area contributed by atoms with Crippen LogP contribution in [0.1, 0.15) is 0 Å². The van der Waals surface area contributed by atoms with Crippen molar-refractivity contribution in [2.24, 2.45) is 0 Å². The van der Waals surface area contributed by atoms with Gasteiger partial charge in [-0.25, -0.2) is 4.21 Å². The summed E-state index contributed by atoms with van der Waals surface area (Å²) in [5.74, 6) is -1.21. The predicted octanol–water partition coefficient (Wildman–Crippen LogP) is 2.09. The zero-order valence-electron chi connectivity index (χ0n) is 12.3. The van der Waals surface area contributed by atoms with E-state index in [0.717, 1.165) is 12.1 Å². The van der Waals surface area contributed by atoms with Crippen molar-refractivity contribution in [2.45, 2.75) is 9.99 Å². The summed E-state index contributed by atoms with van der Waals surface area (Å²) < 4.78 is 22.7. The molecule has 0 aliphatic rings. The predicted molar refractivity (Wildman–Crippen MR) is 85.1 cm³/mol. The number of methoxy groups -OCH3 is 1. The number of aromatic hydroxyl groups is 3. The van der Waals surface area contributed by atoms with Crippen LogP contribution in [-0.4, -0.2) is 26.6 Å². The fourth-order valence-electron chi connectivity index (χ4n) is 2.23. The zero-order chi connectivity index (χ0) is 17.4. The van der Waals surface area contributed by atoms with E-state index in [1.165, 1.54) is 31.4 Å². The van der Waals surface area contributed by atoms with E-state index in [1.54, 1.807) is 0 Å². The van der Waals surface area contributed by atoms with Gasteiger partial charge in [0, 0.05) is 17.0 Å². The van der Waals surface area contributed by atoms with Gasteiger partial charge in [0.1, 0.15) is 27.5 Å². The van der Waals surface area contributed by atoms with Crippen LogP contribution < -0.4 is 10.2 Å². The minimum absolute atomic E-state index is 0.0117. The molecule has 1 unspecified atom stereocenters. The van der Waals surface area contributed by atoms with Crippen LogP contribution in [0.2, 0.25) is 0 Å². The maximum atomic E-state index is 12.5. The van der Waals surface area contributed by atoms with Crippen LogP contribution >= 0.6 is 0 Å². The Bertz CT molecular complexity index is 1010. The van der Waals surface area contributed by atoms with Gasteiger partial charge in [0.25, 0.3) is 0 Å². The van der Waals surface area contributed by atoms with Gasteiger partial charge in [0.05, 0.1) is 7.11 Å². The Morgan fingerprint density at radius 1 is 1.08 bits per heavy atom. The van der Waals surface area contributed by atoms with E-state index in [4.69, 9.17) is 9.15 Å². The highest BCUT2D eigenvalue weighted by molar-refractivity contribution is 7.85. The average Bonchev–Trinajstić information content (AvgIpc) is 2.54. The van der Waals surface area contributed by atoms with Crippen LogP contribution in [0, 0.1) is 0 Å². The van der Waals surface area contributed by atoms with Gasteiger partial charge in [-0.2, -0.15) is 0 Å². The molecule has 0 fully saturated rings. The molecule has 0 aliphatic carbocycles. The Balaban J connectivity index is 2.20. The first-order chi connectivity index (χ1) is 11.4. The van der Waals surface area contributed by atoms with Crippen LogP contribution in [0.15, 0.2) is 55.6 Å². The summed E-state index contributed by atoms with van der Waals surface area (Å²) in [4.78, 5) is 12.6. The Morgan fingerprint density at radius 3 is 2.38 bits per heavy atom. The second-order valence-corrected chi connectivity index (χ2v) is 6.25. The molecule has 0 radical (unpaired) electrons. The second kappa shape index (κ2) is 5.89. The third kappa shape index (κ3) is 2.56. The van der Waals surface area contributed by atoms with E-state index >= 15 is 0 Å². The molecule has 0 saturated carbocycles. The van der Waals surface area contributed by atoms with Gasteiger partial charge in [-0.15, -0.1) is 0 Å². The molecule has 1 aromatic heterocycles. The zero-order valence-corrected chi connectivity index (χ0v) is 13.2. The molecule has 3 rings (SSSR count). The Morgan fingerprint density at radius 2 is 1.75 bits per heavy atom. The summed E-state index contributed by atoms with van der Waals surface area (Å²) in [6.45, 7) is 0. The van der Waals surface area contributed by atoms with Crippen molar-refractivity contribution in [1.29, 1.82) is 0 Å². The Hall–Kier alpha value is -3.00. The Kier molecular flexibility index (Phi) is 3.90. The molecule has 7 nitrogen and oxygen atoms in total. The number of phenols is 3. The number of ether oxygens (including phenoxy) is 1. The summed E-state index contributed by atoms with van der Waals surface area (Å²) in [6, 6.07) is 7.68. The van der Waals surface area contributed by atoms with E-state index in [0.29, 0.717) is 4.90 Å². The van der Waals surface area contributed by atoms with E-state index in [1.807, 2.05) is 0 Å². The average molecular weight is 348 g/mol. The fourth-order valence-corrected chi connectivity index (χ4v) is 3.22. The lowest BCUT2D eigenvalue weighted by Crippen LogP contribution is -2.05. The van der Waals surface area contributed by atoms with Crippen molar-refractivity contribution in [3.8, 4) is 23.0 Å². The first kappa shape index (κ1) is 15.9. The van der Waals surface area contributed by atoms with E-state index in [-0.39, 0.29) is 27.6 Å². The smallest absolute Gasteiger partial charge is 0.203 e. The van der Waals surface area contributed by atoms with Gasteiger partial charge in [0.15, 0.2) is 22.0 Å². The van der Waals surface area contributed by atoms with Gasteiger partial charge in [-0.05, 0) is 24.3 Å². The molecule has 1 atom stereocenters. The molecule has 3 N–H and O–H groups in total. The van der Waals surface area contributed by atoms with Crippen LogP contribution in [-0.2, 0) is 10.8 Å². The highest BCUT2D eigenvalue weighted by Gasteiger charge is 2.20. The first-order valence-corrected chi connectivity index (χ1v) is 7.85. The second-order valence-electron chi connectivity index (χ2n) is 4.84. The molecule has 0 saturated heterocycles. The normalized spacial score (nSPS) is 12.2. The molecule has 124 valence electrons. The SMILES string of the molecule is COc1c(O)cc2oc(S(=O)c3ccc(O)cc3)cc(=O)c2c1O. The molecule has 8 heteroatoms. The van der Waals surface area contributed by atoms with E-state index < -0.39 is 27.7 Å². The standard InChI is InChI=1S/C16H12O7S/c1-22-16-11(19)6-12-14(15(16)20)10(18)7-13(23-12)24(21)9-4-2-8(17)3-5-9/h2-7,17,19-20H,1H3. The lowest BCUT2D eigenvalue weighted by molar-refractivity contribution is 0.345. The van der Waals surface area contributed by atoms with Crippen molar-refractivity contribution < 1.29 is 28.7 Å². The molecular weight excluding hydrogens is 336 g/mol. The lowest BCUT2D eigenvalue weighted by Gasteiger charge is -2.09. The van der Waals surface area contributed by atoms with Crippen LogP contribution in [0.4, 0.5) is 0 Å². The van der Waals surface area contributed by atoms with Crippen molar-refractivity contribution in [3.05, 3.63) is 46.6 Å². The molecule has 3 aromatic rings. The molecular formula is C16H12O7S. The number of fused-ring (bicyclic) bond motifs is 1. The minimum atomic E-state index is -1.81. The molecule has 0 amide bonds. The van der Waals surface area contributed by atoms with Gasteiger partial charge in [-0.1, -0.05) is 0 Å². The number of benzene rings is 2. The molecule has 2 aromatic carbocycles. The van der Waals surface area contributed by atoms with Crippen LogP contribution in [0.5, 0.6) is 23.0 Å². The first-order valence-electron chi connectivity index (χ1n) is 6.70. The third-order valence-electron chi connectivity index (χ3n) is 3.34. The maximum Gasteiger partial charge on any atom is 0.203 e. The van der Waals surface area contributed by atoms with Crippen molar-refractivity contribution in [1.82, 2.24) is 0 Å². The van der Waals surface area contributed by atoms with Gasteiger partial charge < -0.3 is 24.5 Å².